The molecule has 1 heterocycles. The Kier molecular flexibility index (Phi) is 7.25. The predicted octanol–water partition coefficient (Wildman–Crippen LogP) is 0.903. The highest BCUT2D eigenvalue weighted by molar-refractivity contribution is 5.76. The molecule has 1 unspecified atom stereocenters. The number of hydrogen-bond donors (Lipinski definition) is 5. The van der Waals surface area contributed by atoms with Crippen molar-refractivity contribution in [2.45, 2.75) is 38.1 Å². The number of rotatable bonds is 7. The van der Waals surface area contributed by atoms with Crippen LogP contribution in [0.3, 0.4) is 0 Å². The van der Waals surface area contributed by atoms with Crippen molar-refractivity contribution in [3.8, 4) is 0 Å². The van der Waals surface area contributed by atoms with E-state index in [4.69, 9.17) is 11.1 Å². The Morgan fingerprint density at radius 1 is 1.19 bits per heavy atom. The molecule has 8 nitrogen and oxygen atoms in total. The Hall–Kier alpha value is -2.77. The van der Waals surface area contributed by atoms with Crippen molar-refractivity contribution in [3.63, 3.8) is 0 Å². The summed E-state index contributed by atoms with van der Waals surface area (Å²) in [6, 6.07) is 7.39. The molecule has 0 saturated heterocycles. The number of nitrogens with zero attached hydrogens (tertiary/aromatic N) is 1. The average molecular weight is 361 g/mol. The number of carboxylic acid groups (broad SMARTS) is 1. The third kappa shape index (κ3) is 5.94. The van der Waals surface area contributed by atoms with E-state index in [-0.39, 0.29) is 24.5 Å². The summed E-state index contributed by atoms with van der Waals surface area (Å²) in [4.78, 5) is 25.5. The summed E-state index contributed by atoms with van der Waals surface area (Å²) in [5.41, 5.74) is 7.50. The molecule has 1 aromatic carbocycles. The van der Waals surface area contributed by atoms with Crippen LogP contribution < -0.4 is 16.4 Å². The minimum absolute atomic E-state index is 0.0605. The molecule has 1 aromatic rings. The summed E-state index contributed by atoms with van der Waals surface area (Å²) in [6.45, 7) is 1.60. The van der Waals surface area contributed by atoms with Gasteiger partial charge < -0.3 is 26.4 Å². The Morgan fingerprint density at radius 3 is 2.50 bits per heavy atom. The monoisotopic (exact) mass is 361 g/mol. The fourth-order valence-corrected chi connectivity index (χ4v) is 3.21. The molecule has 0 bridgehead atoms. The molecule has 8 heteroatoms. The smallest absolute Gasteiger partial charge is 0.317 e. The van der Waals surface area contributed by atoms with E-state index >= 15 is 0 Å². The van der Waals surface area contributed by atoms with E-state index in [9.17, 15) is 14.7 Å². The van der Waals surface area contributed by atoms with Gasteiger partial charge >= 0.3 is 12.0 Å². The Balaban J connectivity index is 1.91. The highest BCUT2D eigenvalue weighted by atomic mass is 16.4. The maximum absolute atomic E-state index is 12.6. The maximum atomic E-state index is 12.6. The lowest BCUT2D eigenvalue weighted by molar-refractivity contribution is -0.138. The highest BCUT2D eigenvalue weighted by Gasteiger charge is 2.29. The standard InChI is InChI=1S/C18H27N5O3/c19-17(20)21-8-3-4-9-22-18(26)23-10-7-13-5-1-2-6-14(13)11-15(23)12-16(24)25/h1-2,5-6,15H,3-4,7-12H2,(H,22,26)(H,24,25)(H4,19,20,21). The summed E-state index contributed by atoms with van der Waals surface area (Å²) >= 11 is 0. The van der Waals surface area contributed by atoms with Gasteiger partial charge in [-0.1, -0.05) is 24.3 Å². The number of nitrogens with two attached hydrogens (primary N) is 1. The SMILES string of the molecule is N=C(N)NCCCCNC(=O)N1CCc2ccccc2CC1CC(=O)O. The van der Waals surface area contributed by atoms with Gasteiger partial charge in [0.15, 0.2) is 5.96 Å². The molecule has 0 spiro atoms. The normalized spacial score (nSPS) is 16.3. The molecule has 2 amide bonds. The van der Waals surface area contributed by atoms with E-state index in [2.05, 4.69) is 10.6 Å². The van der Waals surface area contributed by atoms with Crippen LogP contribution in [0, 0.1) is 5.41 Å². The van der Waals surface area contributed by atoms with Crippen LogP contribution in [-0.4, -0.2) is 53.6 Å². The molecule has 1 aliphatic heterocycles. The zero-order valence-corrected chi connectivity index (χ0v) is 14.8. The van der Waals surface area contributed by atoms with Crippen LogP contribution in [0.5, 0.6) is 0 Å². The van der Waals surface area contributed by atoms with Gasteiger partial charge in [-0.05, 0) is 36.8 Å². The lowest BCUT2D eigenvalue weighted by Gasteiger charge is -2.29. The first-order chi connectivity index (χ1) is 12.5. The summed E-state index contributed by atoms with van der Waals surface area (Å²) in [5, 5.41) is 21.9. The van der Waals surface area contributed by atoms with Crippen LogP contribution in [0.2, 0.25) is 0 Å². The van der Waals surface area contributed by atoms with Crippen molar-refractivity contribution in [1.29, 1.82) is 5.41 Å². The number of hydrogen-bond acceptors (Lipinski definition) is 3. The zero-order valence-electron chi connectivity index (χ0n) is 14.8. The second-order valence-electron chi connectivity index (χ2n) is 6.45. The summed E-state index contributed by atoms with van der Waals surface area (Å²) in [5.74, 6) is -0.961. The fourth-order valence-electron chi connectivity index (χ4n) is 3.21. The molecule has 0 aliphatic carbocycles. The largest absolute Gasteiger partial charge is 0.481 e. The molecular formula is C18H27N5O3. The minimum Gasteiger partial charge on any atom is -0.481 e. The van der Waals surface area contributed by atoms with E-state index in [1.807, 2.05) is 24.3 Å². The molecule has 26 heavy (non-hydrogen) atoms. The van der Waals surface area contributed by atoms with E-state index in [1.54, 1.807) is 4.90 Å². The van der Waals surface area contributed by atoms with Crippen molar-refractivity contribution in [2.75, 3.05) is 19.6 Å². The van der Waals surface area contributed by atoms with Crippen molar-refractivity contribution in [2.24, 2.45) is 5.73 Å². The van der Waals surface area contributed by atoms with Crippen LogP contribution in [0.1, 0.15) is 30.4 Å². The second-order valence-corrected chi connectivity index (χ2v) is 6.45. The van der Waals surface area contributed by atoms with Gasteiger partial charge in [0.2, 0.25) is 0 Å². The number of urea groups is 1. The van der Waals surface area contributed by atoms with Gasteiger partial charge in [-0.25, -0.2) is 4.79 Å². The lowest BCUT2D eigenvalue weighted by Crippen LogP contribution is -2.48. The topological polar surface area (TPSA) is 132 Å². The van der Waals surface area contributed by atoms with Crippen LogP contribution in [0.15, 0.2) is 24.3 Å². The lowest BCUT2D eigenvalue weighted by atomic mass is 9.99. The number of aliphatic carboxylic acids is 1. The molecule has 1 aliphatic rings. The third-order valence-corrected chi connectivity index (χ3v) is 4.50. The second kappa shape index (κ2) is 9.65. The van der Waals surface area contributed by atoms with Gasteiger partial charge in [0, 0.05) is 25.7 Å². The molecule has 0 saturated carbocycles. The number of benzene rings is 1. The summed E-state index contributed by atoms with van der Waals surface area (Å²) < 4.78 is 0. The summed E-state index contributed by atoms with van der Waals surface area (Å²) in [6.07, 6.45) is 2.75. The van der Waals surface area contributed by atoms with Crippen molar-refractivity contribution in [3.05, 3.63) is 35.4 Å². The van der Waals surface area contributed by atoms with E-state index in [0.29, 0.717) is 26.1 Å². The number of guanidine groups is 1. The van der Waals surface area contributed by atoms with E-state index < -0.39 is 5.97 Å². The number of unbranched alkanes of at least 4 members (excludes halogenated alkanes) is 1. The first kappa shape index (κ1) is 19.6. The molecule has 0 radical (unpaired) electrons. The Labute approximate surface area is 153 Å². The third-order valence-electron chi connectivity index (χ3n) is 4.50. The molecule has 142 valence electrons. The Morgan fingerprint density at radius 2 is 1.85 bits per heavy atom. The number of carbonyl (C=O) groups excluding carboxylic acids is 1. The van der Waals surface area contributed by atoms with Crippen LogP contribution in [-0.2, 0) is 17.6 Å². The van der Waals surface area contributed by atoms with E-state index in [1.165, 1.54) is 5.56 Å². The van der Waals surface area contributed by atoms with Crippen molar-refractivity contribution in [1.82, 2.24) is 15.5 Å². The van der Waals surface area contributed by atoms with Gasteiger partial charge in [0.05, 0.1) is 6.42 Å². The van der Waals surface area contributed by atoms with Crippen molar-refractivity contribution < 1.29 is 14.7 Å². The number of carboxylic acids is 1. The van der Waals surface area contributed by atoms with Crippen LogP contribution in [0.4, 0.5) is 4.79 Å². The molecule has 6 N–H and O–H groups in total. The van der Waals surface area contributed by atoms with Crippen molar-refractivity contribution >= 4 is 18.0 Å². The first-order valence-corrected chi connectivity index (χ1v) is 8.88. The fraction of sp³-hybridized carbons (Fsp3) is 0.500. The number of amides is 2. The minimum atomic E-state index is -0.900. The van der Waals surface area contributed by atoms with E-state index in [0.717, 1.165) is 24.8 Å². The highest BCUT2D eigenvalue weighted by Crippen LogP contribution is 2.21. The number of fused-ring (bicyclic) bond motifs is 1. The average Bonchev–Trinajstić information content (AvgIpc) is 2.76. The Bertz CT molecular complexity index is 649. The van der Waals surface area contributed by atoms with Crippen LogP contribution in [0.25, 0.3) is 0 Å². The molecule has 0 fully saturated rings. The van der Waals surface area contributed by atoms with Gasteiger partial charge in [-0.3, -0.25) is 10.2 Å². The van der Waals surface area contributed by atoms with Crippen LogP contribution >= 0.6 is 0 Å². The van der Waals surface area contributed by atoms with Gasteiger partial charge in [-0.2, -0.15) is 0 Å². The first-order valence-electron chi connectivity index (χ1n) is 8.88. The van der Waals surface area contributed by atoms with Gasteiger partial charge in [0.1, 0.15) is 0 Å². The molecule has 2 rings (SSSR count). The number of nitrogens with one attached hydrogen (secondary N) is 3. The predicted molar refractivity (Wildman–Crippen MR) is 99.1 cm³/mol. The summed E-state index contributed by atoms with van der Waals surface area (Å²) in [7, 11) is 0. The molecule has 1 atom stereocenters. The molecular weight excluding hydrogens is 334 g/mol. The number of carbonyl (C=O) groups is 2. The van der Waals surface area contributed by atoms with Gasteiger partial charge in [0.25, 0.3) is 0 Å². The zero-order chi connectivity index (χ0) is 18.9. The quantitative estimate of drug-likeness (QED) is 0.280. The molecule has 0 aromatic heterocycles. The maximum Gasteiger partial charge on any atom is 0.317 e. The van der Waals surface area contributed by atoms with Gasteiger partial charge in [-0.15, -0.1) is 0 Å².